The molecule has 0 aliphatic heterocycles. The predicted molar refractivity (Wildman–Crippen MR) is 83.2 cm³/mol. The summed E-state index contributed by atoms with van der Waals surface area (Å²) >= 11 is 5.81. The van der Waals surface area contributed by atoms with Crippen LogP contribution < -0.4 is 10.6 Å². The molecule has 116 valence electrons. The van der Waals surface area contributed by atoms with Crippen molar-refractivity contribution >= 4 is 29.3 Å². The molecular formula is C14H20ClN3O3. The smallest absolute Gasteiger partial charge is 0.337 e. The quantitative estimate of drug-likeness (QED) is 0.753. The maximum atomic E-state index is 11.8. The molecule has 3 N–H and O–H groups in total. The molecule has 1 aromatic rings. The van der Waals surface area contributed by atoms with Crippen LogP contribution in [0.15, 0.2) is 18.2 Å². The van der Waals surface area contributed by atoms with E-state index < -0.39 is 12.0 Å². The molecule has 7 heteroatoms. The van der Waals surface area contributed by atoms with E-state index in [0.29, 0.717) is 24.2 Å². The molecule has 1 rings (SSSR count). The van der Waals surface area contributed by atoms with Crippen LogP contribution in [0.25, 0.3) is 0 Å². The van der Waals surface area contributed by atoms with E-state index in [0.717, 1.165) is 0 Å². The summed E-state index contributed by atoms with van der Waals surface area (Å²) in [6, 6.07) is 4.15. The fraction of sp³-hybridized carbons (Fsp3) is 0.429. The van der Waals surface area contributed by atoms with Crippen molar-refractivity contribution in [1.29, 1.82) is 0 Å². The average Bonchev–Trinajstić information content (AvgIpc) is 2.37. The standard InChI is InChI=1S/C14H20ClN3O3/c1-9(2)18(3)7-6-16-14(21)17-12-8-10(15)4-5-11(12)13(19)20/h4-5,8-9H,6-7H2,1-3H3,(H,19,20)(H2,16,17,21). The Morgan fingerprint density at radius 2 is 2.05 bits per heavy atom. The number of amides is 2. The van der Waals surface area contributed by atoms with Gasteiger partial charge in [0.15, 0.2) is 0 Å². The molecule has 0 unspecified atom stereocenters. The number of carboxylic acid groups (broad SMARTS) is 1. The lowest BCUT2D eigenvalue weighted by Gasteiger charge is -2.21. The van der Waals surface area contributed by atoms with Crippen LogP contribution in [-0.4, -0.2) is 48.2 Å². The zero-order chi connectivity index (χ0) is 16.0. The van der Waals surface area contributed by atoms with Gasteiger partial charge in [-0.15, -0.1) is 0 Å². The number of aromatic carboxylic acids is 1. The molecule has 0 heterocycles. The average molecular weight is 314 g/mol. The van der Waals surface area contributed by atoms with Gasteiger partial charge in [0.2, 0.25) is 0 Å². The number of halogens is 1. The van der Waals surface area contributed by atoms with Crippen molar-refractivity contribution in [2.75, 3.05) is 25.5 Å². The summed E-state index contributed by atoms with van der Waals surface area (Å²) in [5.41, 5.74) is 0.165. The zero-order valence-corrected chi connectivity index (χ0v) is 13.1. The van der Waals surface area contributed by atoms with E-state index in [-0.39, 0.29) is 11.3 Å². The van der Waals surface area contributed by atoms with Gasteiger partial charge in [0.05, 0.1) is 11.3 Å². The van der Waals surface area contributed by atoms with Crippen LogP contribution in [-0.2, 0) is 0 Å². The van der Waals surface area contributed by atoms with E-state index in [1.165, 1.54) is 18.2 Å². The number of urea groups is 1. The topological polar surface area (TPSA) is 81.7 Å². The lowest BCUT2D eigenvalue weighted by molar-refractivity contribution is 0.0698. The molecule has 1 aromatic carbocycles. The molecule has 0 radical (unpaired) electrons. The fourth-order valence-electron chi connectivity index (χ4n) is 1.58. The Hall–Kier alpha value is -1.79. The molecule has 21 heavy (non-hydrogen) atoms. The van der Waals surface area contributed by atoms with Gasteiger partial charge in [-0.3, -0.25) is 0 Å². The Bertz CT molecular complexity index is 520. The number of anilines is 1. The van der Waals surface area contributed by atoms with Crippen LogP contribution in [0, 0.1) is 0 Å². The van der Waals surface area contributed by atoms with Gasteiger partial charge in [-0.25, -0.2) is 9.59 Å². The van der Waals surface area contributed by atoms with Crippen molar-refractivity contribution in [2.24, 2.45) is 0 Å². The highest BCUT2D eigenvalue weighted by atomic mass is 35.5. The number of hydrogen-bond donors (Lipinski definition) is 3. The number of nitrogens with one attached hydrogen (secondary N) is 2. The molecule has 0 aliphatic carbocycles. The van der Waals surface area contributed by atoms with Gasteiger partial charge in [-0.1, -0.05) is 11.6 Å². The number of rotatable bonds is 6. The third kappa shape index (κ3) is 5.61. The molecule has 0 spiro atoms. The van der Waals surface area contributed by atoms with Gasteiger partial charge in [0.1, 0.15) is 0 Å². The van der Waals surface area contributed by atoms with Crippen LogP contribution in [0.5, 0.6) is 0 Å². The van der Waals surface area contributed by atoms with Crippen LogP contribution in [0.3, 0.4) is 0 Å². The first-order valence-electron chi connectivity index (χ1n) is 6.59. The van der Waals surface area contributed by atoms with Gasteiger partial charge < -0.3 is 20.6 Å². The van der Waals surface area contributed by atoms with Crippen molar-refractivity contribution < 1.29 is 14.7 Å². The Kier molecular flexibility index (Phi) is 6.45. The predicted octanol–water partition coefficient (Wildman–Crippen LogP) is 2.50. The minimum absolute atomic E-state index is 0.00570. The Balaban J connectivity index is 2.59. The molecule has 2 amide bonds. The Morgan fingerprint density at radius 3 is 2.62 bits per heavy atom. The summed E-state index contributed by atoms with van der Waals surface area (Å²) < 4.78 is 0. The summed E-state index contributed by atoms with van der Waals surface area (Å²) in [7, 11) is 1.96. The Morgan fingerprint density at radius 1 is 1.38 bits per heavy atom. The monoisotopic (exact) mass is 313 g/mol. The minimum Gasteiger partial charge on any atom is -0.478 e. The molecule has 6 nitrogen and oxygen atoms in total. The van der Waals surface area contributed by atoms with E-state index in [1.54, 1.807) is 0 Å². The summed E-state index contributed by atoms with van der Waals surface area (Å²) in [6.45, 7) is 5.28. The summed E-state index contributed by atoms with van der Waals surface area (Å²) in [5, 5.41) is 14.6. The number of nitrogens with zero attached hydrogens (tertiary/aromatic N) is 1. The highest BCUT2D eigenvalue weighted by Crippen LogP contribution is 2.21. The van der Waals surface area contributed by atoms with Crippen LogP contribution in [0.2, 0.25) is 5.02 Å². The van der Waals surface area contributed by atoms with Gasteiger partial charge in [-0.2, -0.15) is 0 Å². The number of benzene rings is 1. The first kappa shape index (κ1) is 17.3. The Labute approximate surface area is 129 Å². The van der Waals surface area contributed by atoms with Crippen LogP contribution in [0.1, 0.15) is 24.2 Å². The highest BCUT2D eigenvalue weighted by molar-refractivity contribution is 6.31. The SMILES string of the molecule is CC(C)N(C)CCNC(=O)Nc1cc(Cl)ccc1C(=O)O. The van der Waals surface area contributed by atoms with E-state index in [4.69, 9.17) is 16.7 Å². The third-order valence-corrected chi connectivity index (χ3v) is 3.33. The molecule has 0 saturated carbocycles. The third-order valence-electron chi connectivity index (χ3n) is 3.09. The van der Waals surface area contributed by atoms with Crippen molar-refractivity contribution in [3.8, 4) is 0 Å². The summed E-state index contributed by atoms with van der Waals surface area (Å²) in [6.07, 6.45) is 0. The lowest BCUT2D eigenvalue weighted by Crippen LogP contribution is -2.38. The molecule has 0 aliphatic rings. The van der Waals surface area contributed by atoms with Crippen LogP contribution in [0.4, 0.5) is 10.5 Å². The van der Waals surface area contributed by atoms with Crippen LogP contribution >= 0.6 is 11.6 Å². The molecule has 0 bridgehead atoms. The first-order chi connectivity index (χ1) is 9.81. The van der Waals surface area contributed by atoms with Crippen molar-refractivity contribution in [3.63, 3.8) is 0 Å². The molecule has 0 atom stereocenters. The first-order valence-corrected chi connectivity index (χ1v) is 6.97. The van der Waals surface area contributed by atoms with Crippen molar-refractivity contribution in [2.45, 2.75) is 19.9 Å². The number of hydrogen-bond acceptors (Lipinski definition) is 3. The number of carbonyl (C=O) groups excluding carboxylic acids is 1. The fourth-order valence-corrected chi connectivity index (χ4v) is 1.75. The minimum atomic E-state index is -1.12. The molecule has 0 fully saturated rings. The summed E-state index contributed by atoms with van der Waals surface area (Å²) in [4.78, 5) is 24.9. The van der Waals surface area contributed by atoms with E-state index in [2.05, 4.69) is 29.4 Å². The number of carbonyl (C=O) groups is 2. The number of carboxylic acids is 1. The largest absolute Gasteiger partial charge is 0.478 e. The highest BCUT2D eigenvalue weighted by Gasteiger charge is 2.13. The van der Waals surface area contributed by atoms with Gasteiger partial charge >= 0.3 is 12.0 Å². The maximum absolute atomic E-state index is 11.8. The van der Waals surface area contributed by atoms with Gasteiger partial charge in [-0.05, 0) is 39.1 Å². The second kappa shape index (κ2) is 7.85. The molecular weight excluding hydrogens is 294 g/mol. The summed E-state index contributed by atoms with van der Waals surface area (Å²) in [5.74, 6) is -1.12. The van der Waals surface area contributed by atoms with Crippen molar-refractivity contribution in [3.05, 3.63) is 28.8 Å². The van der Waals surface area contributed by atoms with E-state index >= 15 is 0 Å². The van der Waals surface area contributed by atoms with Gasteiger partial charge in [0, 0.05) is 24.2 Å². The van der Waals surface area contributed by atoms with E-state index in [9.17, 15) is 9.59 Å². The molecule has 0 saturated heterocycles. The molecule has 0 aromatic heterocycles. The normalized spacial score (nSPS) is 10.8. The zero-order valence-electron chi connectivity index (χ0n) is 12.3. The second-order valence-electron chi connectivity index (χ2n) is 4.95. The van der Waals surface area contributed by atoms with E-state index in [1.807, 2.05) is 7.05 Å². The van der Waals surface area contributed by atoms with Gasteiger partial charge in [0.25, 0.3) is 0 Å². The lowest BCUT2D eigenvalue weighted by atomic mass is 10.2. The van der Waals surface area contributed by atoms with Crippen molar-refractivity contribution in [1.82, 2.24) is 10.2 Å². The number of likely N-dealkylation sites (N-methyl/N-ethyl adjacent to an activating group) is 1. The second-order valence-corrected chi connectivity index (χ2v) is 5.39. The maximum Gasteiger partial charge on any atom is 0.337 e.